The first-order chi connectivity index (χ1) is 16.6. The molecule has 3 atom stereocenters. The summed E-state index contributed by atoms with van der Waals surface area (Å²) in [6, 6.07) is 5.29. The van der Waals surface area contributed by atoms with Crippen LogP contribution >= 0.6 is 0 Å². The fourth-order valence-electron chi connectivity index (χ4n) is 4.77. The van der Waals surface area contributed by atoms with Crippen molar-refractivity contribution in [3.63, 3.8) is 0 Å². The normalized spacial score (nSPS) is 20.7. The molecule has 1 saturated heterocycles. The lowest BCUT2D eigenvalue weighted by atomic mass is 9.91. The average Bonchev–Trinajstić information content (AvgIpc) is 3.42. The second-order valence-corrected chi connectivity index (χ2v) is 10.3. The number of rotatable bonds is 10. The maximum Gasteiger partial charge on any atom is 0.268 e. The number of carbonyl (C=O) groups excluding carboxylic acids is 4. The number of aromatic nitrogens is 1. The Bertz CT molecular complexity index is 1150. The van der Waals surface area contributed by atoms with E-state index >= 15 is 0 Å². The molecule has 1 aromatic heterocycles. The van der Waals surface area contributed by atoms with Crippen molar-refractivity contribution in [3.05, 3.63) is 30.0 Å². The Balaban J connectivity index is 1.46. The quantitative estimate of drug-likeness (QED) is 0.345. The summed E-state index contributed by atoms with van der Waals surface area (Å²) in [5, 5.41) is 9.14. The number of carbonyl (C=O) groups is 4. The molecule has 1 aliphatic carbocycles. The molecule has 1 aromatic carbocycles. The van der Waals surface area contributed by atoms with Gasteiger partial charge in [0.1, 0.15) is 23.5 Å². The molecule has 2 heterocycles. The van der Waals surface area contributed by atoms with Crippen LogP contribution in [0.2, 0.25) is 0 Å². The minimum Gasteiger partial charge on any atom is -0.496 e. The molecule has 35 heavy (non-hydrogen) atoms. The molecule has 1 saturated carbocycles. The van der Waals surface area contributed by atoms with Gasteiger partial charge in [0.05, 0.1) is 7.11 Å². The summed E-state index contributed by atoms with van der Waals surface area (Å²) in [6.45, 7) is 3.81. The first-order valence-electron chi connectivity index (χ1n) is 11.9. The predicted octanol–water partition coefficient (Wildman–Crippen LogP) is 1.35. The minimum absolute atomic E-state index is 0.113. The SMILES string of the molecule is COc1cccc2[nH]c(C(=O)NC(CC3CC3)C(=O)NC(CC3CC(C)(C)NC3=O)C(N)=O)cc12. The molecular formula is C25H33N5O5. The highest BCUT2D eigenvalue weighted by molar-refractivity contribution is 6.01. The van der Waals surface area contributed by atoms with Crippen LogP contribution in [-0.2, 0) is 14.4 Å². The van der Waals surface area contributed by atoms with Gasteiger partial charge in [-0.15, -0.1) is 0 Å². The number of aromatic amines is 1. The van der Waals surface area contributed by atoms with Gasteiger partial charge in [0.15, 0.2) is 0 Å². The molecule has 3 unspecified atom stereocenters. The van der Waals surface area contributed by atoms with Gasteiger partial charge in [-0.25, -0.2) is 0 Å². The van der Waals surface area contributed by atoms with E-state index in [0.29, 0.717) is 30.2 Å². The third-order valence-electron chi connectivity index (χ3n) is 6.75. The summed E-state index contributed by atoms with van der Waals surface area (Å²) < 4.78 is 5.35. The Morgan fingerprint density at radius 1 is 1.17 bits per heavy atom. The summed E-state index contributed by atoms with van der Waals surface area (Å²) >= 11 is 0. The van der Waals surface area contributed by atoms with Crippen LogP contribution in [0.1, 0.15) is 56.4 Å². The zero-order valence-electron chi connectivity index (χ0n) is 20.3. The van der Waals surface area contributed by atoms with Gasteiger partial charge >= 0.3 is 0 Å². The van der Waals surface area contributed by atoms with Crippen molar-refractivity contribution in [3.8, 4) is 5.75 Å². The van der Waals surface area contributed by atoms with Gasteiger partial charge in [0, 0.05) is 22.4 Å². The first-order valence-corrected chi connectivity index (χ1v) is 11.9. The van der Waals surface area contributed by atoms with Gasteiger partial charge in [0.25, 0.3) is 5.91 Å². The van der Waals surface area contributed by atoms with Crippen LogP contribution in [0.5, 0.6) is 5.75 Å². The molecular weight excluding hydrogens is 450 g/mol. The monoisotopic (exact) mass is 483 g/mol. The zero-order valence-corrected chi connectivity index (χ0v) is 20.3. The Morgan fingerprint density at radius 3 is 2.51 bits per heavy atom. The van der Waals surface area contributed by atoms with Crippen molar-refractivity contribution in [2.45, 2.75) is 63.6 Å². The Hall–Kier alpha value is -3.56. The second kappa shape index (κ2) is 9.59. The molecule has 0 bridgehead atoms. The third-order valence-corrected chi connectivity index (χ3v) is 6.75. The van der Waals surface area contributed by atoms with Crippen molar-refractivity contribution in [2.24, 2.45) is 17.6 Å². The molecule has 10 nitrogen and oxygen atoms in total. The lowest BCUT2D eigenvalue weighted by molar-refractivity contribution is -0.130. The van der Waals surface area contributed by atoms with Gasteiger partial charge in [-0.05, 0) is 57.2 Å². The number of primary amides is 1. The molecule has 1 aliphatic heterocycles. The smallest absolute Gasteiger partial charge is 0.268 e. The molecule has 6 N–H and O–H groups in total. The van der Waals surface area contributed by atoms with Crippen molar-refractivity contribution < 1.29 is 23.9 Å². The van der Waals surface area contributed by atoms with Crippen LogP contribution in [0.25, 0.3) is 10.9 Å². The number of methoxy groups -OCH3 is 1. The first kappa shape index (κ1) is 24.6. The summed E-state index contributed by atoms with van der Waals surface area (Å²) in [5.74, 6) is -1.25. The maximum absolute atomic E-state index is 13.2. The number of hydrogen-bond acceptors (Lipinski definition) is 5. The number of amides is 4. The lowest BCUT2D eigenvalue weighted by Gasteiger charge is -2.23. The molecule has 2 aliphatic rings. The standard InChI is InChI=1S/C25H33N5O5/c1-25(2)12-14(22(32)30-25)10-17(21(26)31)28-23(33)18(9-13-7-8-13)29-24(34)19-11-15-16(27-19)5-4-6-20(15)35-3/h4-6,11,13-14,17-18,27H,7-10,12H2,1-3H3,(H2,26,31)(H,28,33)(H,29,34)(H,30,32). The van der Waals surface area contributed by atoms with Crippen molar-refractivity contribution >= 4 is 34.5 Å². The topological polar surface area (TPSA) is 155 Å². The van der Waals surface area contributed by atoms with Gasteiger partial charge < -0.3 is 31.4 Å². The number of H-pyrrole nitrogens is 1. The largest absolute Gasteiger partial charge is 0.496 e. The van der Waals surface area contributed by atoms with Crippen LogP contribution in [0.3, 0.4) is 0 Å². The molecule has 0 radical (unpaired) electrons. The van der Waals surface area contributed by atoms with Crippen LogP contribution in [-0.4, -0.2) is 53.3 Å². The maximum atomic E-state index is 13.2. The van der Waals surface area contributed by atoms with Gasteiger partial charge in [-0.2, -0.15) is 0 Å². The molecule has 188 valence electrons. The minimum atomic E-state index is -1.01. The van der Waals surface area contributed by atoms with Crippen LogP contribution in [0.15, 0.2) is 24.3 Å². The lowest BCUT2D eigenvalue weighted by Crippen LogP contribution is -2.53. The van der Waals surface area contributed by atoms with Gasteiger partial charge in [-0.1, -0.05) is 18.9 Å². The van der Waals surface area contributed by atoms with E-state index in [-0.39, 0.29) is 17.9 Å². The molecule has 10 heteroatoms. The number of ether oxygens (including phenoxy) is 1. The fourth-order valence-corrected chi connectivity index (χ4v) is 4.77. The number of fused-ring (bicyclic) bond motifs is 1. The number of hydrogen-bond donors (Lipinski definition) is 5. The van der Waals surface area contributed by atoms with Crippen LogP contribution in [0, 0.1) is 11.8 Å². The van der Waals surface area contributed by atoms with Crippen LogP contribution in [0.4, 0.5) is 0 Å². The van der Waals surface area contributed by atoms with E-state index < -0.39 is 35.7 Å². The zero-order chi connectivity index (χ0) is 25.3. The Labute approximate surface area is 203 Å². The average molecular weight is 484 g/mol. The third kappa shape index (κ3) is 5.75. The van der Waals surface area contributed by atoms with E-state index in [4.69, 9.17) is 10.5 Å². The second-order valence-electron chi connectivity index (χ2n) is 10.3. The Morgan fingerprint density at radius 2 is 1.91 bits per heavy atom. The van der Waals surface area contributed by atoms with E-state index in [1.165, 1.54) is 0 Å². The Kier molecular flexibility index (Phi) is 6.73. The highest BCUT2D eigenvalue weighted by atomic mass is 16.5. The number of nitrogens with two attached hydrogens (primary N) is 1. The molecule has 4 amide bonds. The number of nitrogens with one attached hydrogen (secondary N) is 4. The van der Waals surface area contributed by atoms with Crippen molar-refractivity contribution in [2.75, 3.05) is 7.11 Å². The van der Waals surface area contributed by atoms with Crippen molar-refractivity contribution in [1.29, 1.82) is 0 Å². The highest BCUT2D eigenvalue weighted by Crippen LogP contribution is 2.34. The molecule has 4 rings (SSSR count). The van der Waals surface area contributed by atoms with E-state index in [2.05, 4.69) is 20.9 Å². The summed E-state index contributed by atoms with van der Waals surface area (Å²) in [4.78, 5) is 53.7. The van der Waals surface area contributed by atoms with E-state index in [1.807, 2.05) is 26.0 Å². The van der Waals surface area contributed by atoms with E-state index in [0.717, 1.165) is 23.7 Å². The summed E-state index contributed by atoms with van der Waals surface area (Å²) in [5.41, 5.74) is 6.23. The highest BCUT2D eigenvalue weighted by Gasteiger charge is 2.40. The van der Waals surface area contributed by atoms with Crippen molar-refractivity contribution in [1.82, 2.24) is 20.9 Å². The summed E-state index contributed by atoms with van der Waals surface area (Å²) in [6.07, 6.45) is 3.09. The molecule has 2 aromatic rings. The molecule has 2 fully saturated rings. The number of benzene rings is 1. The van der Waals surface area contributed by atoms with Gasteiger partial charge in [-0.3, -0.25) is 19.2 Å². The molecule has 0 spiro atoms. The van der Waals surface area contributed by atoms with E-state index in [9.17, 15) is 19.2 Å². The summed E-state index contributed by atoms with van der Waals surface area (Å²) in [7, 11) is 1.56. The predicted molar refractivity (Wildman–Crippen MR) is 130 cm³/mol. The van der Waals surface area contributed by atoms with Gasteiger partial charge in [0.2, 0.25) is 17.7 Å². The van der Waals surface area contributed by atoms with Crippen LogP contribution < -0.4 is 26.4 Å². The van der Waals surface area contributed by atoms with E-state index in [1.54, 1.807) is 19.2 Å². The fraction of sp³-hybridized carbons (Fsp3) is 0.520.